The Hall–Kier alpha value is -0.580. The Labute approximate surface area is 109 Å². The van der Waals surface area contributed by atoms with Gasteiger partial charge in [0.1, 0.15) is 5.82 Å². The molecule has 2 aliphatic rings. The first-order valence-corrected chi connectivity index (χ1v) is 6.35. The van der Waals surface area contributed by atoms with Crippen molar-refractivity contribution in [2.24, 2.45) is 5.92 Å². The molecular weight excluding hydrogens is 236 g/mol. The molecule has 1 aromatic rings. The molecule has 1 saturated heterocycles. The lowest BCUT2D eigenvalue weighted by atomic mass is 9.97. The quantitative estimate of drug-likeness (QED) is 0.861. The fourth-order valence-electron chi connectivity index (χ4n) is 2.81. The Balaban J connectivity index is 0.00000108. The molecule has 0 radical (unpaired) electrons. The highest BCUT2D eigenvalue weighted by atomic mass is 35.5. The summed E-state index contributed by atoms with van der Waals surface area (Å²) < 4.78 is 2.28. The standard InChI is InChI=1S/C12H20N4.ClH/c1-3-13-4-2-11(1)9-15-7-8-16-6-5-14-12(16)10-15;/h5-6,11,13H,1-4,7-10H2;1H. The maximum absolute atomic E-state index is 4.41. The Bertz CT molecular complexity index is 346. The van der Waals surface area contributed by atoms with Gasteiger partial charge >= 0.3 is 0 Å². The summed E-state index contributed by atoms with van der Waals surface area (Å²) in [5, 5.41) is 3.43. The molecule has 5 heteroatoms. The van der Waals surface area contributed by atoms with Crippen molar-refractivity contribution in [2.75, 3.05) is 26.2 Å². The number of nitrogens with one attached hydrogen (secondary N) is 1. The van der Waals surface area contributed by atoms with Crippen LogP contribution in [0, 0.1) is 5.92 Å². The van der Waals surface area contributed by atoms with E-state index in [-0.39, 0.29) is 12.4 Å². The number of nitrogens with zero attached hydrogens (tertiary/aromatic N) is 3. The smallest absolute Gasteiger partial charge is 0.122 e. The monoisotopic (exact) mass is 256 g/mol. The Morgan fingerprint density at radius 2 is 2.12 bits per heavy atom. The van der Waals surface area contributed by atoms with Crippen molar-refractivity contribution >= 4 is 12.4 Å². The number of fused-ring (bicyclic) bond motifs is 1. The van der Waals surface area contributed by atoms with Gasteiger partial charge in [0.15, 0.2) is 0 Å². The molecule has 0 unspecified atom stereocenters. The second kappa shape index (κ2) is 5.85. The lowest BCUT2D eigenvalue weighted by Gasteiger charge is -2.32. The SMILES string of the molecule is Cl.c1cn2c(n1)CN(CC1CCNCC1)CC2. The minimum Gasteiger partial charge on any atom is -0.333 e. The van der Waals surface area contributed by atoms with E-state index in [1.807, 2.05) is 6.20 Å². The minimum atomic E-state index is 0. The third-order valence-corrected chi connectivity index (χ3v) is 3.80. The van der Waals surface area contributed by atoms with E-state index in [0.717, 1.165) is 19.0 Å². The van der Waals surface area contributed by atoms with Gasteiger partial charge in [0.2, 0.25) is 0 Å². The summed E-state index contributed by atoms with van der Waals surface area (Å²) in [5.41, 5.74) is 0. The fraction of sp³-hybridized carbons (Fsp3) is 0.750. The lowest BCUT2D eigenvalue weighted by molar-refractivity contribution is 0.168. The summed E-state index contributed by atoms with van der Waals surface area (Å²) in [5.74, 6) is 2.13. The van der Waals surface area contributed by atoms with Crippen molar-refractivity contribution in [1.29, 1.82) is 0 Å². The fourth-order valence-corrected chi connectivity index (χ4v) is 2.81. The van der Waals surface area contributed by atoms with Crippen LogP contribution in [0.15, 0.2) is 12.4 Å². The van der Waals surface area contributed by atoms with Gasteiger partial charge < -0.3 is 9.88 Å². The van der Waals surface area contributed by atoms with Gasteiger partial charge in [-0.15, -0.1) is 12.4 Å². The van der Waals surface area contributed by atoms with Crippen molar-refractivity contribution in [3.63, 3.8) is 0 Å². The first kappa shape index (κ1) is 12.9. The van der Waals surface area contributed by atoms with Crippen LogP contribution in [0.3, 0.4) is 0 Å². The number of aromatic nitrogens is 2. The molecule has 1 aromatic heterocycles. The molecule has 0 bridgehead atoms. The van der Waals surface area contributed by atoms with Crippen LogP contribution in [-0.4, -0.2) is 40.6 Å². The van der Waals surface area contributed by atoms with Crippen LogP contribution < -0.4 is 5.32 Å². The van der Waals surface area contributed by atoms with Crippen molar-refractivity contribution in [3.05, 3.63) is 18.2 Å². The van der Waals surface area contributed by atoms with Crippen LogP contribution >= 0.6 is 12.4 Å². The van der Waals surface area contributed by atoms with Crippen LogP contribution in [0.25, 0.3) is 0 Å². The van der Waals surface area contributed by atoms with Crippen molar-refractivity contribution < 1.29 is 0 Å². The van der Waals surface area contributed by atoms with Gasteiger partial charge in [-0.2, -0.15) is 0 Å². The summed E-state index contributed by atoms with van der Waals surface area (Å²) in [6.07, 6.45) is 6.69. The van der Waals surface area contributed by atoms with Gasteiger partial charge in [0.25, 0.3) is 0 Å². The number of piperidine rings is 1. The molecule has 2 aliphatic heterocycles. The van der Waals surface area contributed by atoms with Crippen molar-refractivity contribution in [1.82, 2.24) is 19.8 Å². The molecule has 0 amide bonds. The Kier molecular flexibility index (Phi) is 4.42. The summed E-state index contributed by atoms with van der Waals surface area (Å²) in [7, 11) is 0. The van der Waals surface area contributed by atoms with Gasteiger partial charge in [0.05, 0.1) is 6.54 Å². The predicted octanol–water partition coefficient (Wildman–Crippen LogP) is 1.12. The van der Waals surface area contributed by atoms with Gasteiger partial charge in [0, 0.05) is 32.0 Å². The largest absolute Gasteiger partial charge is 0.333 e. The van der Waals surface area contributed by atoms with Crippen LogP contribution in [0.2, 0.25) is 0 Å². The molecule has 1 fully saturated rings. The summed E-state index contributed by atoms with van der Waals surface area (Å²) >= 11 is 0. The third kappa shape index (κ3) is 3.00. The number of halogens is 1. The zero-order valence-electron chi connectivity index (χ0n) is 10.1. The molecule has 17 heavy (non-hydrogen) atoms. The van der Waals surface area contributed by atoms with E-state index in [1.54, 1.807) is 0 Å². The highest BCUT2D eigenvalue weighted by molar-refractivity contribution is 5.85. The topological polar surface area (TPSA) is 33.1 Å². The van der Waals surface area contributed by atoms with E-state index in [4.69, 9.17) is 0 Å². The highest BCUT2D eigenvalue weighted by Crippen LogP contribution is 2.17. The number of hydrogen-bond donors (Lipinski definition) is 1. The molecule has 3 heterocycles. The summed E-state index contributed by atoms with van der Waals surface area (Å²) in [4.78, 5) is 6.98. The van der Waals surface area contributed by atoms with Crippen LogP contribution in [-0.2, 0) is 13.1 Å². The van der Waals surface area contributed by atoms with E-state index >= 15 is 0 Å². The molecule has 0 saturated carbocycles. The van der Waals surface area contributed by atoms with Gasteiger partial charge in [-0.05, 0) is 31.8 Å². The normalized spacial score (nSPS) is 21.9. The maximum Gasteiger partial charge on any atom is 0.122 e. The average Bonchev–Trinajstić information content (AvgIpc) is 2.77. The van der Waals surface area contributed by atoms with Crippen LogP contribution in [0.1, 0.15) is 18.7 Å². The molecule has 0 aliphatic carbocycles. The lowest BCUT2D eigenvalue weighted by Crippen LogP contribution is -2.40. The second-order valence-corrected chi connectivity index (χ2v) is 4.97. The highest BCUT2D eigenvalue weighted by Gasteiger charge is 2.21. The first-order valence-electron chi connectivity index (χ1n) is 6.35. The van der Waals surface area contributed by atoms with E-state index in [0.29, 0.717) is 0 Å². The minimum absolute atomic E-state index is 0. The Morgan fingerprint density at radius 3 is 2.94 bits per heavy atom. The van der Waals surface area contributed by atoms with Gasteiger partial charge in [-0.3, -0.25) is 4.90 Å². The van der Waals surface area contributed by atoms with Crippen LogP contribution in [0.4, 0.5) is 0 Å². The number of imidazole rings is 1. The molecule has 0 atom stereocenters. The Morgan fingerprint density at radius 1 is 1.29 bits per heavy atom. The van der Waals surface area contributed by atoms with E-state index in [1.165, 1.54) is 44.8 Å². The molecular formula is C12H21ClN4. The molecule has 1 N–H and O–H groups in total. The zero-order valence-corrected chi connectivity index (χ0v) is 11.0. The zero-order chi connectivity index (χ0) is 10.8. The van der Waals surface area contributed by atoms with Crippen LogP contribution in [0.5, 0.6) is 0 Å². The third-order valence-electron chi connectivity index (χ3n) is 3.80. The average molecular weight is 257 g/mol. The first-order chi connectivity index (χ1) is 7.92. The molecule has 0 aromatic carbocycles. The van der Waals surface area contributed by atoms with Gasteiger partial charge in [-0.1, -0.05) is 0 Å². The molecule has 3 rings (SSSR count). The van der Waals surface area contributed by atoms with Crippen molar-refractivity contribution in [2.45, 2.75) is 25.9 Å². The number of rotatable bonds is 2. The predicted molar refractivity (Wildman–Crippen MR) is 70.3 cm³/mol. The second-order valence-electron chi connectivity index (χ2n) is 4.97. The summed E-state index contributed by atoms with van der Waals surface area (Å²) in [6.45, 7) is 7.00. The van der Waals surface area contributed by atoms with Gasteiger partial charge in [-0.25, -0.2) is 4.98 Å². The van der Waals surface area contributed by atoms with E-state index in [2.05, 4.69) is 26.0 Å². The molecule has 0 spiro atoms. The van der Waals surface area contributed by atoms with E-state index < -0.39 is 0 Å². The molecule has 96 valence electrons. The molecule has 4 nitrogen and oxygen atoms in total. The van der Waals surface area contributed by atoms with Crippen molar-refractivity contribution in [3.8, 4) is 0 Å². The number of hydrogen-bond acceptors (Lipinski definition) is 3. The maximum atomic E-state index is 4.41. The summed E-state index contributed by atoms with van der Waals surface area (Å²) in [6, 6.07) is 0. The van der Waals surface area contributed by atoms with E-state index in [9.17, 15) is 0 Å².